The predicted molar refractivity (Wildman–Crippen MR) is 256 cm³/mol. The summed E-state index contributed by atoms with van der Waals surface area (Å²) >= 11 is 0. The molecule has 0 saturated heterocycles. The molecule has 0 aliphatic rings. The van der Waals surface area contributed by atoms with Crippen LogP contribution in [0.3, 0.4) is 0 Å². The first kappa shape index (κ1) is 64.0. The third-order valence-corrected chi connectivity index (χ3v) is 11.4. The van der Waals surface area contributed by atoms with E-state index in [1.54, 1.807) is 27.7 Å². The van der Waals surface area contributed by atoms with Gasteiger partial charge in [0.2, 0.25) is 47.3 Å². The van der Waals surface area contributed by atoms with Crippen molar-refractivity contribution < 1.29 is 88.5 Å². The molecule has 0 spiro atoms. The number of phenols is 1. The number of aliphatic carboxylic acids is 3. The van der Waals surface area contributed by atoms with Gasteiger partial charge in [0.25, 0.3) is 0 Å². The minimum atomic E-state index is -1.76. The average Bonchev–Trinajstić information content (AvgIpc) is 3.31. The highest BCUT2D eigenvalue weighted by molar-refractivity contribution is 5.98. The van der Waals surface area contributed by atoms with Gasteiger partial charge in [-0.2, -0.15) is 0 Å². The van der Waals surface area contributed by atoms with E-state index in [4.69, 9.17) is 5.73 Å². The number of aliphatic hydroxyl groups excluding tert-OH is 3. The first-order chi connectivity index (χ1) is 34.1. The van der Waals surface area contributed by atoms with Crippen LogP contribution in [0.25, 0.3) is 0 Å². The Hall–Kier alpha value is -6.97. The maximum Gasteiger partial charge on any atom is 0.328 e. The highest BCUT2D eigenvalue weighted by Crippen LogP contribution is 2.15. The first-order valence-electron chi connectivity index (χ1n) is 23.6. The zero-order chi connectivity index (χ0) is 55.9. The number of carboxylic acids is 3. The van der Waals surface area contributed by atoms with Gasteiger partial charge in [0, 0.05) is 19.3 Å². The van der Waals surface area contributed by atoms with Crippen LogP contribution >= 0.6 is 0 Å². The molecule has 410 valence electrons. The maximum absolute atomic E-state index is 14.1. The monoisotopic (exact) mass is 1040 g/mol. The van der Waals surface area contributed by atoms with Crippen molar-refractivity contribution in [3.63, 3.8) is 0 Å². The van der Waals surface area contributed by atoms with Crippen molar-refractivity contribution in [2.75, 3.05) is 13.2 Å². The minimum Gasteiger partial charge on any atom is -0.508 e. The lowest BCUT2D eigenvalue weighted by Crippen LogP contribution is -2.62. The van der Waals surface area contributed by atoms with E-state index in [-0.39, 0.29) is 24.5 Å². The number of nitrogens with two attached hydrogens (primary N) is 1. The summed E-state index contributed by atoms with van der Waals surface area (Å²) in [6.45, 7) is 8.90. The van der Waals surface area contributed by atoms with E-state index in [0.29, 0.717) is 12.0 Å². The summed E-state index contributed by atoms with van der Waals surface area (Å²) < 4.78 is 0. The number of carboxylic acid groups (broad SMARTS) is 3. The fraction of sp³-hybridized carbons (Fsp3) is 0.630. The SMILES string of the molecule is CC[C@H](C)[C@H](NC(=O)[C@H](CC(C)C)NC(=O)[C@H](CO)NC(=O)[C@@H](NC(=O)[C@H](CCC(=O)O)NC(=O)[C@H](Cc1ccc(O)cc1)NC(=O)[C@H](CCC(=O)O)NC(=O)[C@@H](N)[C@@H](C)O)C(C)C)C(=O)N[C@@H](CO)C(=O)O. The van der Waals surface area contributed by atoms with Crippen LogP contribution in [0, 0.1) is 17.8 Å². The number of carbonyl (C=O) groups is 11. The fourth-order valence-corrected chi connectivity index (χ4v) is 6.80. The molecular formula is C46H73N9O18. The molecule has 1 aromatic rings. The van der Waals surface area contributed by atoms with Gasteiger partial charge in [-0.1, -0.05) is 60.1 Å². The largest absolute Gasteiger partial charge is 0.508 e. The molecular weight excluding hydrogens is 967 g/mol. The van der Waals surface area contributed by atoms with Crippen LogP contribution in [0.4, 0.5) is 0 Å². The van der Waals surface area contributed by atoms with Crippen molar-refractivity contribution in [1.29, 1.82) is 0 Å². The molecule has 0 heterocycles. The van der Waals surface area contributed by atoms with Gasteiger partial charge in [-0.3, -0.25) is 47.9 Å². The maximum atomic E-state index is 14.1. The first-order valence-corrected chi connectivity index (χ1v) is 23.6. The molecule has 0 radical (unpaired) electrons. The number of aromatic hydroxyl groups is 1. The Kier molecular flexibility index (Phi) is 27.6. The van der Waals surface area contributed by atoms with Crippen molar-refractivity contribution in [3.05, 3.63) is 29.8 Å². The Balaban J connectivity index is 3.49. The summed E-state index contributed by atoms with van der Waals surface area (Å²) in [6, 6.07) is -8.94. The molecule has 17 N–H and O–H groups in total. The number of phenolic OH excluding ortho intramolecular Hbond substituents is 1. The van der Waals surface area contributed by atoms with Gasteiger partial charge in [-0.25, -0.2) is 4.79 Å². The Morgan fingerprint density at radius 2 is 0.918 bits per heavy atom. The molecule has 27 heteroatoms. The molecule has 11 atom stereocenters. The lowest BCUT2D eigenvalue weighted by molar-refractivity contribution is -0.144. The van der Waals surface area contributed by atoms with Crippen LogP contribution in [-0.4, -0.2) is 175 Å². The third-order valence-electron chi connectivity index (χ3n) is 11.4. The second kappa shape index (κ2) is 31.5. The molecule has 0 fully saturated rings. The minimum absolute atomic E-state index is 0.0267. The number of rotatable bonds is 33. The number of amides is 8. The van der Waals surface area contributed by atoms with Gasteiger partial charge in [0.15, 0.2) is 0 Å². The van der Waals surface area contributed by atoms with Gasteiger partial charge in [0.1, 0.15) is 60.1 Å². The number of nitrogens with one attached hydrogen (secondary N) is 8. The number of hydrogen-bond acceptors (Lipinski definition) is 16. The van der Waals surface area contributed by atoms with Crippen LogP contribution in [0.2, 0.25) is 0 Å². The fourth-order valence-electron chi connectivity index (χ4n) is 6.80. The van der Waals surface area contributed by atoms with Gasteiger partial charge in [-0.15, -0.1) is 0 Å². The molecule has 8 amide bonds. The molecule has 1 rings (SSSR count). The molecule has 27 nitrogen and oxygen atoms in total. The van der Waals surface area contributed by atoms with E-state index in [9.17, 15) is 88.5 Å². The van der Waals surface area contributed by atoms with Crippen LogP contribution in [0.1, 0.15) is 92.6 Å². The number of aliphatic hydroxyl groups is 3. The van der Waals surface area contributed by atoms with Crippen LogP contribution in [0.5, 0.6) is 5.75 Å². The van der Waals surface area contributed by atoms with Crippen LogP contribution in [-0.2, 0) is 59.2 Å². The van der Waals surface area contributed by atoms with Gasteiger partial charge in [-0.05, 0) is 61.6 Å². The van der Waals surface area contributed by atoms with Gasteiger partial charge < -0.3 is 84.0 Å². The molecule has 0 aliphatic carbocycles. The van der Waals surface area contributed by atoms with E-state index < -0.39 is 176 Å². The number of benzene rings is 1. The average molecular weight is 1040 g/mol. The second-order valence-corrected chi connectivity index (χ2v) is 18.3. The summed E-state index contributed by atoms with van der Waals surface area (Å²) in [5, 5.41) is 86.4. The molecule has 0 aromatic heterocycles. The Morgan fingerprint density at radius 3 is 1.37 bits per heavy atom. The van der Waals surface area contributed by atoms with Crippen LogP contribution in [0.15, 0.2) is 24.3 Å². The Morgan fingerprint density at radius 1 is 0.521 bits per heavy atom. The molecule has 1 aromatic carbocycles. The quantitative estimate of drug-likeness (QED) is 0.0320. The van der Waals surface area contributed by atoms with E-state index in [0.717, 1.165) is 0 Å². The van der Waals surface area contributed by atoms with Gasteiger partial charge >= 0.3 is 17.9 Å². The van der Waals surface area contributed by atoms with Crippen molar-refractivity contribution in [1.82, 2.24) is 42.5 Å². The summed E-state index contributed by atoms with van der Waals surface area (Å²) in [6.07, 6.45) is -3.90. The highest BCUT2D eigenvalue weighted by atomic mass is 16.4. The Bertz CT molecular complexity index is 2070. The zero-order valence-corrected chi connectivity index (χ0v) is 41.9. The number of carbonyl (C=O) groups excluding carboxylic acids is 8. The van der Waals surface area contributed by atoms with E-state index in [1.165, 1.54) is 45.0 Å². The molecule has 0 bridgehead atoms. The van der Waals surface area contributed by atoms with Crippen molar-refractivity contribution in [3.8, 4) is 5.75 Å². The van der Waals surface area contributed by atoms with Gasteiger partial charge in [0.05, 0.1) is 19.3 Å². The molecule has 73 heavy (non-hydrogen) atoms. The van der Waals surface area contributed by atoms with Crippen molar-refractivity contribution in [2.45, 2.75) is 154 Å². The summed E-state index contributed by atoms with van der Waals surface area (Å²) in [7, 11) is 0. The standard InChI is InChI=1S/C46H73N9O18/c1-8-23(6)37(45(71)53-32(20-57)46(72)73)55-41(67)29(17-21(2)3)50-42(68)31(19-56)52-44(70)36(22(4)5)54-39(65)28(14-16-34(62)63)48-40(66)30(18-25-9-11-26(59)12-10-25)51-38(64)27(13-15-33(60)61)49-43(69)35(47)24(7)58/h9-12,21-24,27-32,35-37,56-59H,8,13-20,47H2,1-7H3,(H,48,66)(H,49,69)(H,50,68)(H,51,64)(H,52,70)(H,53,71)(H,54,65)(H,55,67)(H,60,61)(H,62,63)(H,72,73)/t23-,24+,27-,28-,29-,30-,31-,32-,35-,36-,37-/m0/s1. The zero-order valence-electron chi connectivity index (χ0n) is 41.9. The Labute approximate surface area is 421 Å². The third kappa shape index (κ3) is 22.6. The summed E-state index contributed by atoms with van der Waals surface area (Å²) in [4.78, 5) is 143. The number of hydrogen-bond donors (Lipinski definition) is 16. The van der Waals surface area contributed by atoms with Crippen LogP contribution < -0.4 is 48.3 Å². The molecule has 0 saturated carbocycles. The normalized spacial score (nSPS) is 15.7. The van der Waals surface area contributed by atoms with Crippen molar-refractivity contribution in [2.24, 2.45) is 23.5 Å². The molecule has 0 unspecified atom stereocenters. The highest BCUT2D eigenvalue weighted by Gasteiger charge is 2.37. The lowest BCUT2D eigenvalue weighted by atomic mass is 9.96. The van der Waals surface area contributed by atoms with E-state index in [1.807, 2.05) is 0 Å². The van der Waals surface area contributed by atoms with E-state index in [2.05, 4.69) is 42.5 Å². The summed E-state index contributed by atoms with van der Waals surface area (Å²) in [5.41, 5.74) is 6.03. The predicted octanol–water partition coefficient (Wildman–Crippen LogP) is -3.93. The lowest BCUT2D eigenvalue weighted by Gasteiger charge is -2.29. The van der Waals surface area contributed by atoms with E-state index >= 15 is 0 Å². The topological polar surface area (TPSA) is 452 Å². The van der Waals surface area contributed by atoms with Crippen molar-refractivity contribution >= 4 is 65.2 Å². The summed E-state index contributed by atoms with van der Waals surface area (Å²) in [5.74, 6) is -14.4. The second-order valence-electron chi connectivity index (χ2n) is 18.3. The smallest absolute Gasteiger partial charge is 0.328 e. The molecule has 0 aliphatic heterocycles.